The highest BCUT2D eigenvalue weighted by Crippen LogP contribution is 2.29. The molecule has 0 unspecified atom stereocenters. The fourth-order valence-corrected chi connectivity index (χ4v) is 6.26. The van der Waals surface area contributed by atoms with E-state index in [1.165, 1.54) is 0 Å². The van der Waals surface area contributed by atoms with Crippen LogP contribution in [0, 0.1) is 10.1 Å². The fraction of sp³-hybridized carbons (Fsp3) is 0.111. The van der Waals surface area contributed by atoms with Gasteiger partial charge in [-0.25, -0.2) is 21.8 Å². The van der Waals surface area contributed by atoms with Crippen LogP contribution in [0.2, 0.25) is 0 Å². The van der Waals surface area contributed by atoms with Crippen molar-refractivity contribution in [2.45, 2.75) is 14.9 Å². The number of carbonyl (C=O) groups is 1. The number of non-ortho nitro benzene ring substituents is 1. The van der Waals surface area contributed by atoms with E-state index in [0.29, 0.717) is 16.9 Å². The summed E-state index contributed by atoms with van der Waals surface area (Å²) in [6.45, 7) is 0. The van der Waals surface area contributed by atoms with Crippen molar-refractivity contribution in [2.24, 2.45) is 0 Å². The largest absolute Gasteiger partial charge is 0.301 e. The Morgan fingerprint density at radius 1 is 1.03 bits per heavy atom. The van der Waals surface area contributed by atoms with Gasteiger partial charge >= 0.3 is 0 Å². The summed E-state index contributed by atoms with van der Waals surface area (Å²) in [7, 11) is -7.75. The number of benzene rings is 2. The molecule has 1 aromatic heterocycles. The van der Waals surface area contributed by atoms with Crippen LogP contribution >= 0.6 is 11.3 Å². The highest BCUT2D eigenvalue weighted by molar-refractivity contribution is 7.93. The maximum Gasteiger partial charge on any atom is 0.269 e. The van der Waals surface area contributed by atoms with Crippen molar-refractivity contribution in [3.8, 4) is 0 Å². The first-order valence-corrected chi connectivity index (χ1v) is 12.7. The number of hydrogen-bond acceptors (Lipinski definition) is 9. The van der Waals surface area contributed by atoms with Crippen molar-refractivity contribution in [3.63, 3.8) is 0 Å². The molecule has 162 valence electrons. The van der Waals surface area contributed by atoms with Crippen LogP contribution < -0.4 is 5.32 Å². The van der Waals surface area contributed by atoms with Crippen LogP contribution in [0.5, 0.6) is 0 Å². The summed E-state index contributed by atoms with van der Waals surface area (Å²) in [5.41, 5.74) is 0.286. The number of nitro groups is 1. The molecule has 31 heavy (non-hydrogen) atoms. The Bertz CT molecular complexity index is 1320. The van der Waals surface area contributed by atoms with Gasteiger partial charge in [0.25, 0.3) is 5.69 Å². The van der Waals surface area contributed by atoms with E-state index >= 15 is 0 Å². The molecule has 0 atom stereocenters. The van der Waals surface area contributed by atoms with Crippen molar-refractivity contribution in [3.05, 3.63) is 76.5 Å². The van der Waals surface area contributed by atoms with E-state index in [2.05, 4.69) is 10.3 Å². The van der Waals surface area contributed by atoms with E-state index in [1.54, 1.807) is 30.3 Å². The van der Waals surface area contributed by atoms with Crippen molar-refractivity contribution in [1.82, 2.24) is 4.98 Å². The third-order valence-electron chi connectivity index (χ3n) is 3.93. The van der Waals surface area contributed by atoms with E-state index in [-0.39, 0.29) is 25.7 Å². The molecule has 0 saturated carbocycles. The van der Waals surface area contributed by atoms with E-state index in [1.807, 2.05) is 0 Å². The molecule has 3 aromatic rings. The Morgan fingerprint density at radius 3 is 2.29 bits per heavy atom. The van der Waals surface area contributed by atoms with Crippen LogP contribution in [-0.4, -0.2) is 38.4 Å². The summed E-state index contributed by atoms with van der Waals surface area (Å²) in [5.74, 6) is -1.94. The number of aromatic nitrogens is 1. The zero-order valence-corrected chi connectivity index (χ0v) is 18.1. The standard InChI is InChI=1S/C18H15N3O7S3/c22-16(12-30(25,26)11-13-4-2-1-3-5-13)20-18-19-10-17(29-18)31(27,28)15-8-6-14(7-9-15)21(23)24/h1-10H,11-12H2,(H,19,20,22). The van der Waals surface area contributed by atoms with Crippen LogP contribution in [0.25, 0.3) is 0 Å². The van der Waals surface area contributed by atoms with E-state index in [0.717, 1.165) is 30.5 Å². The second kappa shape index (κ2) is 8.91. The van der Waals surface area contributed by atoms with Crippen molar-refractivity contribution in [2.75, 3.05) is 11.1 Å². The predicted molar refractivity (Wildman–Crippen MR) is 113 cm³/mol. The molecular formula is C18H15N3O7S3. The van der Waals surface area contributed by atoms with Gasteiger partial charge in [-0.3, -0.25) is 14.9 Å². The molecule has 13 heteroatoms. The smallest absolute Gasteiger partial charge is 0.269 e. The Morgan fingerprint density at radius 2 is 1.68 bits per heavy atom. The Balaban J connectivity index is 1.68. The number of sulfone groups is 2. The van der Waals surface area contributed by atoms with Gasteiger partial charge in [0.15, 0.2) is 15.0 Å². The fourth-order valence-electron chi connectivity index (χ4n) is 2.54. The minimum absolute atomic E-state index is 0.0830. The molecule has 1 amide bonds. The second-order valence-corrected chi connectivity index (χ2v) is 11.6. The summed E-state index contributed by atoms with van der Waals surface area (Å²) in [4.78, 5) is 25.8. The molecule has 1 N–H and O–H groups in total. The lowest BCUT2D eigenvalue weighted by molar-refractivity contribution is -0.384. The lowest BCUT2D eigenvalue weighted by Crippen LogP contribution is -2.23. The SMILES string of the molecule is O=C(CS(=O)(=O)Cc1ccccc1)Nc1ncc(S(=O)(=O)c2ccc([N+](=O)[O-])cc2)s1. The third-order valence-corrected chi connectivity index (χ3v) is 8.55. The molecule has 0 aliphatic heterocycles. The van der Waals surface area contributed by atoms with Gasteiger partial charge in [0.1, 0.15) is 9.96 Å². The van der Waals surface area contributed by atoms with Gasteiger partial charge in [-0.15, -0.1) is 0 Å². The van der Waals surface area contributed by atoms with E-state index in [9.17, 15) is 31.7 Å². The van der Waals surface area contributed by atoms with Gasteiger partial charge in [0.2, 0.25) is 15.7 Å². The predicted octanol–water partition coefficient (Wildman–Crippen LogP) is 2.44. The van der Waals surface area contributed by atoms with Crippen LogP contribution in [-0.2, 0) is 30.2 Å². The first-order chi connectivity index (χ1) is 14.6. The first-order valence-electron chi connectivity index (χ1n) is 8.56. The number of rotatable bonds is 8. The average Bonchev–Trinajstić information content (AvgIpc) is 3.17. The third kappa shape index (κ3) is 5.71. The van der Waals surface area contributed by atoms with Gasteiger partial charge in [0, 0.05) is 12.1 Å². The quantitative estimate of drug-likeness (QED) is 0.380. The maximum atomic E-state index is 12.6. The van der Waals surface area contributed by atoms with Gasteiger partial charge in [-0.05, 0) is 17.7 Å². The number of anilines is 1. The topological polar surface area (TPSA) is 153 Å². The molecule has 0 radical (unpaired) electrons. The summed E-state index contributed by atoms with van der Waals surface area (Å²) in [6, 6.07) is 12.7. The monoisotopic (exact) mass is 481 g/mol. The molecule has 10 nitrogen and oxygen atoms in total. The van der Waals surface area contributed by atoms with Gasteiger partial charge in [-0.2, -0.15) is 0 Å². The summed E-state index contributed by atoms with van der Waals surface area (Å²) in [5, 5.41) is 12.9. The molecule has 0 aliphatic rings. The Labute approximate surface area is 181 Å². The number of nitrogens with one attached hydrogen (secondary N) is 1. The molecule has 1 heterocycles. The highest BCUT2D eigenvalue weighted by Gasteiger charge is 2.23. The first kappa shape index (κ1) is 22.5. The normalized spacial score (nSPS) is 11.7. The number of amides is 1. The van der Waals surface area contributed by atoms with Crippen molar-refractivity contribution < 1.29 is 26.6 Å². The van der Waals surface area contributed by atoms with Gasteiger partial charge < -0.3 is 5.32 Å². The van der Waals surface area contributed by atoms with Gasteiger partial charge in [-0.1, -0.05) is 41.7 Å². The lowest BCUT2D eigenvalue weighted by Gasteiger charge is -2.04. The number of nitrogens with zero attached hydrogens (tertiary/aromatic N) is 2. The van der Waals surface area contributed by atoms with E-state index in [4.69, 9.17) is 0 Å². The number of thiazole rings is 1. The molecular weight excluding hydrogens is 466 g/mol. The Hall–Kier alpha value is -3.16. The number of carbonyl (C=O) groups excluding carboxylic acids is 1. The maximum absolute atomic E-state index is 12.6. The van der Waals surface area contributed by atoms with E-state index < -0.39 is 36.3 Å². The zero-order chi connectivity index (χ0) is 22.6. The van der Waals surface area contributed by atoms with Crippen LogP contribution in [0.3, 0.4) is 0 Å². The summed E-state index contributed by atoms with van der Waals surface area (Å²) in [6.07, 6.45) is 1.02. The Kier molecular flexibility index (Phi) is 6.48. The van der Waals surface area contributed by atoms with Gasteiger partial charge in [0.05, 0.1) is 21.8 Å². The minimum atomic E-state index is -4.01. The zero-order valence-electron chi connectivity index (χ0n) is 15.7. The summed E-state index contributed by atoms with van der Waals surface area (Å²) < 4.78 is 49.5. The van der Waals surface area contributed by atoms with Crippen LogP contribution in [0.1, 0.15) is 5.56 Å². The van der Waals surface area contributed by atoms with Crippen LogP contribution in [0.4, 0.5) is 10.8 Å². The highest BCUT2D eigenvalue weighted by atomic mass is 32.2. The second-order valence-electron chi connectivity index (χ2n) is 6.30. The molecule has 0 bridgehead atoms. The average molecular weight is 482 g/mol. The number of nitro benzene ring substituents is 1. The minimum Gasteiger partial charge on any atom is -0.301 e. The van der Waals surface area contributed by atoms with Crippen molar-refractivity contribution in [1.29, 1.82) is 0 Å². The molecule has 2 aromatic carbocycles. The molecule has 0 spiro atoms. The molecule has 0 saturated heterocycles. The number of hydrogen-bond donors (Lipinski definition) is 1. The van der Waals surface area contributed by atoms with Crippen LogP contribution in [0.15, 0.2) is 69.9 Å². The molecule has 3 rings (SSSR count). The summed E-state index contributed by atoms with van der Waals surface area (Å²) >= 11 is 0.644. The lowest BCUT2D eigenvalue weighted by atomic mass is 10.2. The molecule has 0 aliphatic carbocycles. The molecule has 0 fully saturated rings. The van der Waals surface area contributed by atoms with Crippen molar-refractivity contribution >= 4 is 47.7 Å².